The van der Waals surface area contributed by atoms with Crippen molar-refractivity contribution in [1.82, 2.24) is 9.71 Å². The van der Waals surface area contributed by atoms with Crippen LogP contribution in [0.4, 0.5) is 5.69 Å². The highest BCUT2D eigenvalue weighted by Gasteiger charge is 2.20. The number of nitrogens with one attached hydrogen (secondary N) is 1. The number of aromatic nitrogens is 1. The van der Waals surface area contributed by atoms with Crippen molar-refractivity contribution >= 4 is 38.6 Å². The summed E-state index contributed by atoms with van der Waals surface area (Å²) in [7, 11) is -3.87. The average Bonchev–Trinajstić information content (AvgIpc) is 2.82. The Kier molecular flexibility index (Phi) is 4.57. The molecule has 112 valence electrons. The number of nitrogens with zero attached hydrogens (tertiary/aromatic N) is 2. The molecule has 0 saturated heterocycles. The molecule has 0 saturated carbocycles. The minimum Gasteiger partial charge on any atom is -0.258 e. The van der Waals surface area contributed by atoms with E-state index in [-0.39, 0.29) is 16.5 Å². The van der Waals surface area contributed by atoms with Crippen molar-refractivity contribution in [2.75, 3.05) is 0 Å². The Bertz CT molecular complexity index is 789. The van der Waals surface area contributed by atoms with Crippen molar-refractivity contribution < 1.29 is 13.3 Å². The topological polar surface area (TPSA) is 102 Å². The molecule has 2 rings (SSSR count). The standard InChI is InChI=1S/C11H10ClN3O4S2/c1-7-14-8(6-20-7)5-13-21(18,19)9-2-3-10(12)11(4-9)15(16)17/h2-4,6,13H,5H2,1H3. The van der Waals surface area contributed by atoms with E-state index in [1.807, 2.05) is 6.92 Å². The maximum Gasteiger partial charge on any atom is 0.289 e. The van der Waals surface area contributed by atoms with E-state index < -0.39 is 20.6 Å². The van der Waals surface area contributed by atoms with Gasteiger partial charge in [0.15, 0.2) is 0 Å². The van der Waals surface area contributed by atoms with Gasteiger partial charge in [0.1, 0.15) is 5.02 Å². The molecule has 21 heavy (non-hydrogen) atoms. The molecule has 1 N–H and O–H groups in total. The molecule has 2 aromatic rings. The number of hydrogen-bond donors (Lipinski definition) is 1. The fourth-order valence-corrected chi connectivity index (χ4v) is 3.36. The van der Waals surface area contributed by atoms with E-state index in [2.05, 4.69) is 9.71 Å². The van der Waals surface area contributed by atoms with Gasteiger partial charge in [-0.2, -0.15) is 0 Å². The summed E-state index contributed by atoms with van der Waals surface area (Å²) in [6, 6.07) is 3.32. The lowest BCUT2D eigenvalue weighted by atomic mass is 10.3. The largest absolute Gasteiger partial charge is 0.289 e. The molecule has 0 fully saturated rings. The summed E-state index contributed by atoms with van der Waals surface area (Å²) in [5.74, 6) is 0. The number of thiazole rings is 1. The van der Waals surface area contributed by atoms with Crippen LogP contribution in [0.5, 0.6) is 0 Å². The maximum absolute atomic E-state index is 12.1. The van der Waals surface area contributed by atoms with E-state index in [0.29, 0.717) is 5.69 Å². The highest BCUT2D eigenvalue weighted by Crippen LogP contribution is 2.27. The fraction of sp³-hybridized carbons (Fsp3) is 0.182. The number of aryl methyl sites for hydroxylation is 1. The van der Waals surface area contributed by atoms with Crippen LogP contribution in [0.2, 0.25) is 5.02 Å². The van der Waals surface area contributed by atoms with E-state index in [1.165, 1.54) is 23.5 Å². The third-order valence-corrected chi connectivity index (χ3v) is 5.08. The molecule has 0 bridgehead atoms. The summed E-state index contributed by atoms with van der Waals surface area (Å²) in [4.78, 5) is 14.0. The predicted octanol–water partition coefficient (Wildman–Crippen LogP) is 2.49. The zero-order chi connectivity index (χ0) is 15.6. The van der Waals surface area contributed by atoms with Crippen LogP contribution in [-0.2, 0) is 16.6 Å². The first-order valence-electron chi connectivity index (χ1n) is 5.64. The number of benzene rings is 1. The zero-order valence-electron chi connectivity index (χ0n) is 10.7. The lowest BCUT2D eigenvalue weighted by molar-refractivity contribution is -0.384. The Labute approximate surface area is 129 Å². The molecule has 0 spiro atoms. The summed E-state index contributed by atoms with van der Waals surface area (Å²) >= 11 is 7.06. The van der Waals surface area contributed by atoms with Gasteiger partial charge in [0.25, 0.3) is 5.69 Å². The highest BCUT2D eigenvalue weighted by molar-refractivity contribution is 7.89. The van der Waals surface area contributed by atoms with Gasteiger partial charge in [0.2, 0.25) is 10.0 Å². The van der Waals surface area contributed by atoms with Crippen LogP contribution in [0.15, 0.2) is 28.5 Å². The molecule has 1 heterocycles. The van der Waals surface area contributed by atoms with Crippen LogP contribution in [0.3, 0.4) is 0 Å². The van der Waals surface area contributed by atoms with Crippen molar-refractivity contribution in [3.8, 4) is 0 Å². The monoisotopic (exact) mass is 347 g/mol. The summed E-state index contributed by atoms with van der Waals surface area (Å²) in [6.07, 6.45) is 0. The molecule has 10 heteroatoms. The number of rotatable bonds is 5. The molecule has 0 amide bonds. The molecular weight excluding hydrogens is 338 g/mol. The van der Waals surface area contributed by atoms with E-state index in [9.17, 15) is 18.5 Å². The van der Waals surface area contributed by atoms with Gasteiger partial charge < -0.3 is 0 Å². The first kappa shape index (κ1) is 15.8. The van der Waals surface area contributed by atoms with Gasteiger partial charge in [-0.25, -0.2) is 18.1 Å². The number of sulfonamides is 1. The molecular formula is C11H10ClN3O4S2. The molecule has 1 aromatic heterocycles. The van der Waals surface area contributed by atoms with Crippen molar-refractivity contribution in [2.24, 2.45) is 0 Å². The van der Waals surface area contributed by atoms with Crippen LogP contribution in [0.1, 0.15) is 10.7 Å². The van der Waals surface area contributed by atoms with Crippen molar-refractivity contribution in [3.05, 3.63) is 49.4 Å². The molecule has 1 aromatic carbocycles. The van der Waals surface area contributed by atoms with Crippen LogP contribution in [0.25, 0.3) is 0 Å². The zero-order valence-corrected chi connectivity index (χ0v) is 13.1. The number of halogens is 1. The minimum absolute atomic E-state index is 0.0170. The van der Waals surface area contributed by atoms with Gasteiger partial charge in [-0.05, 0) is 19.1 Å². The molecule has 0 unspecified atom stereocenters. The van der Waals surface area contributed by atoms with E-state index in [0.717, 1.165) is 11.1 Å². The van der Waals surface area contributed by atoms with E-state index in [4.69, 9.17) is 11.6 Å². The Hall–Kier alpha value is -1.55. The van der Waals surface area contributed by atoms with Crippen LogP contribution < -0.4 is 4.72 Å². The number of hydrogen-bond acceptors (Lipinski definition) is 6. The third kappa shape index (κ3) is 3.76. The second-order valence-corrected chi connectivity index (χ2v) is 7.29. The second-order valence-electron chi connectivity index (χ2n) is 4.05. The third-order valence-electron chi connectivity index (χ3n) is 2.53. The highest BCUT2D eigenvalue weighted by atomic mass is 35.5. The minimum atomic E-state index is -3.87. The van der Waals surface area contributed by atoms with Crippen LogP contribution in [0, 0.1) is 17.0 Å². The average molecular weight is 348 g/mol. The van der Waals surface area contributed by atoms with E-state index in [1.54, 1.807) is 5.38 Å². The van der Waals surface area contributed by atoms with Crippen molar-refractivity contribution in [3.63, 3.8) is 0 Å². The predicted molar refractivity (Wildman–Crippen MR) is 79.0 cm³/mol. The van der Waals surface area contributed by atoms with Crippen molar-refractivity contribution in [1.29, 1.82) is 0 Å². The SMILES string of the molecule is Cc1nc(CNS(=O)(=O)c2ccc(Cl)c([N+](=O)[O-])c2)cs1. The molecule has 0 aliphatic carbocycles. The quantitative estimate of drug-likeness (QED) is 0.661. The Balaban J connectivity index is 2.23. The van der Waals surface area contributed by atoms with Gasteiger partial charge >= 0.3 is 0 Å². The first-order chi connectivity index (χ1) is 9.79. The smallest absolute Gasteiger partial charge is 0.258 e. The number of nitro groups is 1. The summed E-state index contributed by atoms with van der Waals surface area (Å²) in [6.45, 7) is 1.83. The fourth-order valence-electron chi connectivity index (χ4n) is 1.54. The van der Waals surface area contributed by atoms with Gasteiger partial charge in [-0.1, -0.05) is 11.6 Å². The Morgan fingerprint density at radius 2 is 2.19 bits per heavy atom. The van der Waals surface area contributed by atoms with Crippen molar-refractivity contribution in [2.45, 2.75) is 18.4 Å². The van der Waals surface area contributed by atoms with Crippen LogP contribution >= 0.6 is 22.9 Å². The van der Waals surface area contributed by atoms with Gasteiger partial charge in [-0.3, -0.25) is 10.1 Å². The van der Waals surface area contributed by atoms with Gasteiger partial charge in [0, 0.05) is 11.4 Å². The van der Waals surface area contributed by atoms with Crippen LogP contribution in [-0.4, -0.2) is 18.3 Å². The molecule has 0 aliphatic heterocycles. The second kappa shape index (κ2) is 6.06. The van der Waals surface area contributed by atoms with E-state index >= 15 is 0 Å². The molecule has 7 nitrogen and oxygen atoms in total. The lowest BCUT2D eigenvalue weighted by Crippen LogP contribution is -2.23. The summed E-state index contributed by atoms with van der Waals surface area (Å²) in [5, 5.41) is 13.2. The summed E-state index contributed by atoms with van der Waals surface area (Å²) < 4.78 is 26.5. The first-order valence-corrected chi connectivity index (χ1v) is 8.38. The number of nitro benzene ring substituents is 1. The van der Waals surface area contributed by atoms with Gasteiger partial charge in [-0.15, -0.1) is 11.3 Å². The summed E-state index contributed by atoms with van der Waals surface area (Å²) in [5.41, 5.74) is 0.133. The molecule has 0 radical (unpaired) electrons. The molecule has 0 atom stereocenters. The maximum atomic E-state index is 12.1. The lowest BCUT2D eigenvalue weighted by Gasteiger charge is -2.05. The Morgan fingerprint density at radius 1 is 1.48 bits per heavy atom. The Morgan fingerprint density at radius 3 is 2.76 bits per heavy atom. The van der Waals surface area contributed by atoms with Gasteiger partial charge in [0.05, 0.1) is 27.1 Å². The normalized spacial score (nSPS) is 11.5. The molecule has 0 aliphatic rings.